The van der Waals surface area contributed by atoms with Crippen molar-refractivity contribution < 1.29 is 9.18 Å². The molecule has 1 aromatic carbocycles. The van der Waals surface area contributed by atoms with E-state index in [2.05, 4.69) is 10.3 Å². The van der Waals surface area contributed by atoms with Gasteiger partial charge in [0.05, 0.1) is 10.3 Å². The van der Waals surface area contributed by atoms with E-state index in [1.165, 1.54) is 23.5 Å². The molecule has 0 saturated heterocycles. The number of hydrogen-bond donors (Lipinski definition) is 1. The van der Waals surface area contributed by atoms with Crippen molar-refractivity contribution in [1.82, 2.24) is 10.3 Å². The fraction of sp³-hybridized carbons (Fsp3) is 0.0625. The molecule has 3 aromatic rings. The van der Waals surface area contributed by atoms with Gasteiger partial charge in [-0.05, 0) is 23.8 Å². The number of thiophene rings is 1. The molecule has 0 unspecified atom stereocenters. The number of halogens is 1. The van der Waals surface area contributed by atoms with Crippen molar-refractivity contribution in [2.24, 2.45) is 0 Å². The third kappa shape index (κ3) is 2.22. The molecule has 0 aliphatic carbocycles. The van der Waals surface area contributed by atoms with Crippen LogP contribution >= 0.6 is 11.3 Å². The zero-order valence-electron chi connectivity index (χ0n) is 11.6. The second-order valence-electron chi connectivity index (χ2n) is 4.56. The third-order valence-corrected chi connectivity index (χ3v) is 4.44. The van der Waals surface area contributed by atoms with Crippen LogP contribution in [0, 0.1) is 17.1 Å². The summed E-state index contributed by atoms with van der Waals surface area (Å²) < 4.78 is 14.8. The summed E-state index contributed by atoms with van der Waals surface area (Å²) in [5.74, 6) is -0.836. The number of fused-ring (bicyclic) bond motifs is 1. The standard InChI is InChI=1S/C16H10FN3OS/c1-19-16(21)15-14(11-4-5-20-8-13(11)22-15)9-2-3-10(7-18)12(17)6-9/h2-6,8H,1H3,(H,19,21). The number of carbonyl (C=O) groups excluding carboxylic acids is 1. The number of carbonyl (C=O) groups is 1. The lowest BCUT2D eigenvalue weighted by atomic mass is 10.0. The van der Waals surface area contributed by atoms with Crippen LogP contribution in [0.15, 0.2) is 36.7 Å². The predicted octanol–water partition coefficient (Wildman–Crippen LogP) is 3.33. The highest BCUT2D eigenvalue weighted by Gasteiger charge is 2.19. The summed E-state index contributed by atoms with van der Waals surface area (Å²) >= 11 is 1.31. The van der Waals surface area contributed by atoms with E-state index in [1.807, 2.05) is 0 Å². The normalized spacial score (nSPS) is 10.4. The molecule has 0 aliphatic heterocycles. The van der Waals surface area contributed by atoms with Crippen molar-refractivity contribution in [2.75, 3.05) is 7.05 Å². The topological polar surface area (TPSA) is 65.8 Å². The molecule has 2 aromatic heterocycles. The number of amides is 1. The molecule has 4 nitrogen and oxygen atoms in total. The maximum absolute atomic E-state index is 13.9. The van der Waals surface area contributed by atoms with Gasteiger partial charge in [-0.2, -0.15) is 5.26 Å². The molecule has 6 heteroatoms. The van der Waals surface area contributed by atoms with Gasteiger partial charge < -0.3 is 5.32 Å². The minimum absolute atomic E-state index is 0.0218. The van der Waals surface area contributed by atoms with Crippen LogP contribution < -0.4 is 5.32 Å². The Morgan fingerprint density at radius 3 is 2.91 bits per heavy atom. The van der Waals surface area contributed by atoms with Crippen molar-refractivity contribution in [2.45, 2.75) is 0 Å². The fourth-order valence-corrected chi connectivity index (χ4v) is 3.41. The van der Waals surface area contributed by atoms with Gasteiger partial charge >= 0.3 is 0 Å². The summed E-state index contributed by atoms with van der Waals surface area (Å²) in [7, 11) is 1.55. The molecule has 108 valence electrons. The number of pyridine rings is 1. The highest BCUT2D eigenvalue weighted by molar-refractivity contribution is 7.21. The average Bonchev–Trinajstić information content (AvgIpc) is 2.93. The van der Waals surface area contributed by atoms with E-state index >= 15 is 0 Å². The van der Waals surface area contributed by atoms with E-state index in [0.29, 0.717) is 16.0 Å². The molecule has 0 atom stereocenters. The Morgan fingerprint density at radius 1 is 1.41 bits per heavy atom. The first-order valence-electron chi connectivity index (χ1n) is 6.44. The molecule has 22 heavy (non-hydrogen) atoms. The Hall–Kier alpha value is -2.78. The molecular weight excluding hydrogens is 301 g/mol. The molecule has 0 spiro atoms. The number of aromatic nitrogens is 1. The van der Waals surface area contributed by atoms with Crippen molar-refractivity contribution in [3.8, 4) is 17.2 Å². The number of rotatable bonds is 2. The fourth-order valence-electron chi connectivity index (χ4n) is 2.27. The number of nitriles is 1. The Morgan fingerprint density at radius 2 is 2.23 bits per heavy atom. The van der Waals surface area contributed by atoms with Gasteiger partial charge in [-0.3, -0.25) is 9.78 Å². The van der Waals surface area contributed by atoms with E-state index in [4.69, 9.17) is 5.26 Å². The zero-order valence-corrected chi connectivity index (χ0v) is 12.4. The number of nitrogens with one attached hydrogen (secondary N) is 1. The Bertz CT molecular complexity index is 927. The van der Waals surface area contributed by atoms with Gasteiger partial charge in [0.2, 0.25) is 0 Å². The molecule has 0 radical (unpaired) electrons. The number of nitrogens with zero attached hydrogens (tertiary/aromatic N) is 2. The lowest BCUT2D eigenvalue weighted by Gasteiger charge is -2.05. The van der Waals surface area contributed by atoms with Gasteiger partial charge in [0.1, 0.15) is 16.8 Å². The van der Waals surface area contributed by atoms with Crippen LogP contribution in [0.1, 0.15) is 15.2 Å². The monoisotopic (exact) mass is 311 g/mol. The van der Waals surface area contributed by atoms with E-state index in [0.717, 1.165) is 10.1 Å². The van der Waals surface area contributed by atoms with Gasteiger partial charge in [0, 0.05) is 30.4 Å². The van der Waals surface area contributed by atoms with Gasteiger partial charge in [0.15, 0.2) is 0 Å². The number of hydrogen-bond acceptors (Lipinski definition) is 4. The minimum Gasteiger partial charge on any atom is -0.354 e. The molecule has 3 rings (SSSR count). The van der Waals surface area contributed by atoms with Crippen LogP contribution in [0.25, 0.3) is 21.2 Å². The lowest BCUT2D eigenvalue weighted by Crippen LogP contribution is -2.17. The van der Waals surface area contributed by atoms with Crippen LogP contribution in [0.3, 0.4) is 0 Å². The van der Waals surface area contributed by atoms with E-state index in [-0.39, 0.29) is 11.5 Å². The van der Waals surface area contributed by atoms with Gasteiger partial charge in [0.25, 0.3) is 5.91 Å². The molecule has 0 aliphatic rings. The van der Waals surface area contributed by atoms with Crippen molar-refractivity contribution in [3.63, 3.8) is 0 Å². The quantitative estimate of drug-likeness (QED) is 0.789. The van der Waals surface area contributed by atoms with Crippen molar-refractivity contribution in [1.29, 1.82) is 5.26 Å². The van der Waals surface area contributed by atoms with Crippen LogP contribution in [0.4, 0.5) is 4.39 Å². The Balaban J connectivity index is 2.31. The molecule has 1 amide bonds. The van der Waals surface area contributed by atoms with Crippen molar-refractivity contribution >= 4 is 27.3 Å². The van der Waals surface area contributed by atoms with Crippen molar-refractivity contribution in [3.05, 3.63) is 52.9 Å². The summed E-state index contributed by atoms with van der Waals surface area (Å²) in [6.07, 6.45) is 3.31. The van der Waals surface area contributed by atoms with Crippen LogP contribution in [-0.2, 0) is 0 Å². The zero-order chi connectivity index (χ0) is 15.7. The van der Waals surface area contributed by atoms with Crippen LogP contribution in [0.2, 0.25) is 0 Å². The van der Waals surface area contributed by atoms with Gasteiger partial charge in [-0.25, -0.2) is 4.39 Å². The highest BCUT2D eigenvalue weighted by Crippen LogP contribution is 2.38. The van der Waals surface area contributed by atoms with Gasteiger partial charge in [-0.1, -0.05) is 6.07 Å². The second kappa shape index (κ2) is 5.54. The molecular formula is C16H10FN3OS. The Kier molecular flexibility index (Phi) is 3.57. The molecule has 2 heterocycles. The van der Waals surface area contributed by atoms with Crippen LogP contribution in [-0.4, -0.2) is 17.9 Å². The van der Waals surface area contributed by atoms with E-state index < -0.39 is 5.82 Å². The molecule has 1 N–H and O–H groups in total. The van der Waals surface area contributed by atoms with E-state index in [9.17, 15) is 9.18 Å². The first-order chi connectivity index (χ1) is 10.7. The molecule has 0 bridgehead atoms. The summed E-state index contributed by atoms with van der Waals surface area (Å²) in [5, 5.41) is 12.3. The maximum atomic E-state index is 13.9. The summed E-state index contributed by atoms with van der Waals surface area (Å²) in [6.45, 7) is 0. The first kappa shape index (κ1) is 14.2. The summed E-state index contributed by atoms with van der Waals surface area (Å²) in [6, 6.07) is 7.94. The maximum Gasteiger partial charge on any atom is 0.261 e. The molecule has 0 saturated carbocycles. The first-order valence-corrected chi connectivity index (χ1v) is 7.26. The predicted molar refractivity (Wildman–Crippen MR) is 83.1 cm³/mol. The molecule has 0 fully saturated rings. The Labute approximate surface area is 129 Å². The lowest BCUT2D eigenvalue weighted by molar-refractivity contribution is 0.0967. The van der Waals surface area contributed by atoms with E-state index in [1.54, 1.807) is 37.6 Å². The SMILES string of the molecule is CNC(=O)c1sc2cnccc2c1-c1ccc(C#N)c(F)c1. The summed E-state index contributed by atoms with van der Waals surface area (Å²) in [4.78, 5) is 16.7. The summed E-state index contributed by atoms with van der Waals surface area (Å²) in [5.41, 5.74) is 1.20. The number of benzene rings is 1. The largest absolute Gasteiger partial charge is 0.354 e. The average molecular weight is 311 g/mol. The highest BCUT2D eigenvalue weighted by atomic mass is 32.1. The van der Waals surface area contributed by atoms with Crippen LogP contribution in [0.5, 0.6) is 0 Å². The smallest absolute Gasteiger partial charge is 0.261 e. The minimum atomic E-state index is -0.601. The third-order valence-electron chi connectivity index (χ3n) is 3.30. The van der Waals surface area contributed by atoms with Gasteiger partial charge in [-0.15, -0.1) is 11.3 Å². The second-order valence-corrected chi connectivity index (χ2v) is 5.62.